The van der Waals surface area contributed by atoms with E-state index in [4.69, 9.17) is 16.3 Å². The summed E-state index contributed by atoms with van der Waals surface area (Å²) in [4.78, 5) is 12.5. The van der Waals surface area contributed by atoms with E-state index in [1.165, 1.54) is 0 Å². The van der Waals surface area contributed by atoms with E-state index in [0.29, 0.717) is 16.3 Å². The number of halogens is 1. The molecule has 2 aromatic rings. The lowest BCUT2D eigenvalue weighted by molar-refractivity contribution is 0.0970. The normalized spacial score (nSPS) is 11.4. The van der Waals surface area contributed by atoms with Crippen LogP contribution < -0.4 is 4.74 Å². The van der Waals surface area contributed by atoms with Crippen LogP contribution in [0.1, 0.15) is 28.3 Å². The van der Waals surface area contributed by atoms with Crippen LogP contribution in [0.5, 0.6) is 5.75 Å². The first-order chi connectivity index (χ1) is 11.6. The van der Waals surface area contributed by atoms with Crippen molar-refractivity contribution >= 4 is 17.4 Å². The first-order valence-corrected chi connectivity index (χ1v) is 7.68. The minimum atomic E-state index is -0.923. The summed E-state index contributed by atoms with van der Waals surface area (Å²) in [6, 6.07) is 17.6. The Morgan fingerprint density at radius 2 is 1.83 bits per heavy atom. The lowest BCUT2D eigenvalue weighted by Crippen LogP contribution is -2.15. The van der Waals surface area contributed by atoms with Crippen molar-refractivity contribution in [2.75, 3.05) is 7.11 Å². The summed E-state index contributed by atoms with van der Waals surface area (Å²) in [6.07, 6.45) is 0.0561. The summed E-state index contributed by atoms with van der Waals surface area (Å²) in [5, 5.41) is 19.1. The Hall–Kier alpha value is -2.82. The molecule has 0 aliphatic heterocycles. The van der Waals surface area contributed by atoms with Crippen LogP contribution in [0, 0.1) is 28.6 Å². The molecule has 4 nitrogen and oxygen atoms in total. The summed E-state index contributed by atoms with van der Waals surface area (Å²) in [5.41, 5.74) is 1.23. The Balaban J connectivity index is 2.33. The van der Waals surface area contributed by atoms with Crippen molar-refractivity contribution in [1.82, 2.24) is 0 Å². The molecule has 2 aromatic carbocycles. The van der Waals surface area contributed by atoms with Crippen molar-refractivity contribution in [2.24, 2.45) is 5.92 Å². The monoisotopic (exact) mass is 338 g/mol. The van der Waals surface area contributed by atoms with E-state index in [2.05, 4.69) is 0 Å². The van der Waals surface area contributed by atoms with Crippen molar-refractivity contribution in [1.29, 1.82) is 10.5 Å². The Labute approximate surface area is 145 Å². The number of Topliss-reactive ketones (excluding diaryl/α,β-unsaturated/α-hetero) is 1. The fourth-order valence-electron chi connectivity index (χ4n) is 2.46. The molecule has 1 atom stereocenters. The van der Waals surface area contributed by atoms with Gasteiger partial charge in [0.2, 0.25) is 0 Å². The van der Waals surface area contributed by atoms with E-state index in [-0.39, 0.29) is 12.2 Å². The van der Waals surface area contributed by atoms with Crippen LogP contribution in [0.4, 0.5) is 0 Å². The molecule has 0 saturated carbocycles. The SMILES string of the molecule is COc1cccc([C@H](CC(=O)c2ccc(Cl)cc2)C(C#N)C#N)c1. The predicted molar refractivity (Wildman–Crippen MR) is 90.9 cm³/mol. The maximum atomic E-state index is 12.5. The summed E-state index contributed by atoms with van der Waals surface area (Å²) >= 11 is 5.84. The maximum Gasteiger partial charge on any atom is 0.163 e. The first kappa shape index (κ1) is 17.5. The van der Waals surface area contributed by atoms with Gasteiger partial charge in [-0.1, -0.05) is 23.7 Å². The number of carbonyl (C=O) groups is 1. The molecular formula is C19H15ClN2O2. The molecular weight excluding hydrogens is 324 g/mol. The average molecular weight is 339 g/mol. The number of carbonyl (C=O) groups excluding carboxylic acids is 1. The standard InChI is InChI=1S/C19H15ClN2O2/c1-24-17-4-2-3-14(9-17)18(15(11-21)12-22)10-19(23)13-5-7-16(20)8-6-13/h2-9,15,18H,10H2,1H3/t18-/m0/s1. The minimum Gasteiger partial charge on any atom is -0.497 e. The molecule has 0 saturated heterocycles. The Morgan fingerprint density at radius 1 is 1.17 bits per heavy atom. The van der Waals surface area contributed by atoms with E-state index >= 15 is 0 Å². The van der Waals surface area contributed by atoms with E-state index in [0.717, 1.165) is 5.56 Å². The minimum absolute atomic E-state index is 0.0561. The molecule has 0 heterocycles. The molecule has 0 N–H and O–H groups in total. The quantitative estimate of drug-likeness (QED) is 0.733. The van der Waals surface area contributed by atoms with Crippen molar-refractivity contribution in [3.63, 3.8) is 0 Å². The Morgan fingerprint density at radius 3 is 2.42 bits per heavy atom. The highest BCUT2D eigenvalue weighted by Crippen LogP contribution is 2.31. The molecule has 0 fully saturated rings. The van der Waals surface area contributed by atoms with Gasteiger partial charge < -0.3 is 4.74 Å². The van der Waals surface area contributed by atoms with Crippen molar-refractivity contribution in [2.45, 2.75) is 12.3 Å². The number of nitrogens with zero attached hydrogens (tertiary/aromatic N) is 2. The predicted octanol–water partition coefficient (Wildman–Crippen LogP) is 4.37. The molecule has 0 spiro atoms. The Bertz CT molecular complexity index is 789. The summed E-state index contributed by atoms with van der Waals surface area (Å²) in [6.45, 7) is 0. The number of ketones is 1. The lowest BCUT2D eigenvalue weighted by atomic mass is 9.82. The van der Waals surface area contributed by atoms with Crippen molar-refractivity contribution in [3.8, 4) is 17.9 Å². The molecule has 0 aliphatic rings. The Kier molecular flexibility index (Phi) is 5.95. The van der Waals surface area contributed by atoms with Gasteiger partial charge >= 0.3 is 0 Å². The van der Waals surface area contributed by atoms with E-state index in [9.17, 15) is 15.3 Å². The van der Waals surface area contributed by atoms with Gasteiger partial charge in [-0.3, -0.25) is 4.79 Å². The highest BCUT2D eigenvalue weighted by Gasteiger charge is 2.26. The molecule has 0 aliphatic carbocycles. The fraction of sp³-hybridized carbons (Fsp3) is 0.211. The van der Waals surface area contributed by atoms with Gasteiger partial charge in [0.1, 0.15) is 11.7 Å². The van der Waals surface area contributed by atoms with Gasteiger partial charge in [0, 0.05) is 22.9 Å². The second-order valence-corrected chi connectivity index (χ2v) is 5.69. The number of benzene rings is 2. The largest absolute Gasteiger partial charge is 0.497 e. The van der Waals surface area contributed by atoms with Crippen molar-refractivity contribution < 1.29 is 9.53 Å². The van der Waals surface area contributed by atoms with Gasteiger partial charge in [-0.15, -0.1) is 0 Å². The number of rotatable bonds is 6. The molecule has 0 amide bonds. The number of nitriles is 2. The van der Waals surface area contributed by atoms with Crippen LogP contribution in [0.25, 0.3) is 0 Å². The zero-order valence-corrected chi connectivity index (χ0v) is 13.8. The van der Waals surface area contributed by atoms with Crippen LogP contribution in [0.3, 0.4) is 0 Å². The third kappa shape index (κ3) is 4.13. The molecule has 0 unspecified atom stereocenters. The molecule has 0 bridgehead atoms. The second-order valence-electron chi connectivity index (χ2n) is 5.25. The van der Waals surface area contributed by atoms with Gasteiger partial charge in [-0.2, -0.15) is 10.5 Å². The number of ether oxygens (including phenoxy) is 1. The van der Waals surface area contributed by atoms with E-state index < -0.39 is 11.8 Å². The molecule has 0 radical (unpaired) electrons. The van der Waals surface area contributed by atoms with Gasteiger partial charge in [0.15, 0.2) is 5.78 Å². The van der Waals surface area contributed by atoms with Crippen molar-refractivity contribution in [3.05, 3.63) is 64.7 Å². The van der Waals surface area contributed by atoms with Crippen LogP contribution in [-0.2, 0) is 0 Å². The van der Waals surface area contributed by atoms with Gasteiger partial charge in [0.05, 0.1) is 19.2 Å². The van der Waals surface area contributed by atoms with Gasteiger partial charge in [-0.25, -0.2) is 0 Å². The first-order valence-electron chi connectivity index (χ1n) is 7.31. The van der Waals surface area contributed by atoms with Crippen LogP contribution in [0.15, 0.2) is 48.5 Å². The third-order valence-electron chi connectivity index (χ3n) is 3.77. The lowest BCUT2D eigenvalue weighted by Gasteiger charge is -2.18. The molecule has 120 valence electrons. The smallest absolute Gasteiger partial charge is 0.163 e. The van der Waals surface area contributed by atoms with E-state index in [1.807, 2.05) is 12.1 Å². The average Bonchev–Trinajstić information content (AvgIpc) is 2.62. The molecule has 2 rings (SSSR count). The second kappa shape index (κ2) is 8.15. The summed E-state index contributed by atoms with van der Waals surface area (Å²) < 4.78 is 5.19. The third-order valence-corrected chi connectivity index (χ3v) is 4.03. The zero-order valence-electron chi connectivity index (χ0n) is 13.1. The molecule has 0 aromatic heterocycles. The van der Waals surface area contributed by atoms with Gasteiger partial charge in [0.25, 0.3) is 0 Å². The summed E-state index contributed by atoms with van der Waals surface area (Å²) in [7, 11) is 1.54. The van der Waals surface area contributed by atoms with Gasteiger partial charge in [-0.05, 0) is 42.0 Å². The van der Waals surface area contributed by atoms with Crippen LogP contribution in [0.2, 0.25) is 5.02 Å². The topological polar surface area (TPSA) is 73.9 Å². The fourth-order valence-corrected chi connectivity index (χ4v) is 2.59. The van der Waals surface area contributed by atoms with Crippen LogP contribution >= 0.6 is 11.6 Å². The van der Waals surface area contributed by atoms with Crippen LogP contribution in [-0.4, -0.2) is 12.9 Å². The number of hydrogen-bond acceptors (Lipinski definition) is 4. The highest BCUT2D eigenvalue weighted by molar-refractivity contribution is 6.30. The van der Waals surface area contributed by atoms with E-state index in [1.54, 1.807) is 55.6 Å². The number of hydrogen-bond donors (Lipinski definition) is 0. The molecule has 24 heavy (non-hydrogen) atoms. The highest BCUT2D eigenvalue weighted by atomic mass is 35.5. The maximum absolute atomic E-state index is 12.5. The summed E-state index contributed by atoms with van der Waals surface area (Å²) in [5.74, 6) is -0.979. The number of methoxy groups -OCH3 is 1. The molecule has 5 heteroatoms. The zero-order chi connectivity index (χ0) is 17.5.